The van der Waals surface area contributed by atoms with Crippen molar-refractivity contribution in [2.24, 2.45) is 5.92 Å². The summed E-state index contributed by atoms with van der Waals surface area (Å²) in [4.78, 5) is 17.7. The second-order valence-electron chi connectivity index (χ2n) is 7.45. The Balaban J connectivity index is 1.65. The second kappa shape index (κ2) is 7.13. The fourth-order valence-corrected chi connectivity index (χ4v) is 4.84. The van der Waals surface area contributed by atoms with Crippen molar-refractivity contribution < 1.29 is 4.79 Å². The molecule has 2 aliphatic carbocycles. The minimum Gasteiger partial charge on any atom is -0.341 e. The molecule has 1 saturated heterocycles. The van der Waals surface area contributed by atoms with Gasteiger partial charge < -0.3 is 4.90 Å². The standard InChI is InChI=1S/C18H32N2O/c1-19(18(21)15-9-3-2-4-10-15)16-11-5-6-12-17(16)20-13-7-8-14-20/h15-17H,2-14H2,1H3/t16-,17-/m1/s1. The van der Waals surface area contributed by atoms with Gasteiger partial charge in [-0.1, -0.05) is 32.1 Å². The average Bonchev–Trinajstić information content (AvgIpc) is 3.08. The number of likely N-dealkylation sites (tertiary alicyclic amines) is 1. The van der Waals surface area contributed by atoms with Crippen LogP contribution < -0.4 is 0 Å². The van der Waals surface area contributed by atoms with E-state index in [4.69, 9.17) is 0 Å². The van der Waals surface area contributed by atoms with Gasteiger partial charge in [0.1, 0.15) is 0 Å². The number of carbonyl (C=O) groups is 1. The maximum absolute atomic E-state index is 12.9. The van der Waals surface area contributed by atoms with Crippen LogP contribution in [0.25, 0.3) is 0 Å². The molecule has 0 aromatic heterocycles. The predicted molar refractivity (Wildman–Crippen MR) is 86.2 cm³/mol. The van der Waals surface area contributed by atoms with E-state index in [0.717, 1.165) is 12.8 Å². The van der Waals surface area contributed by atoms with Crippen LogP contribution in [0.5, 0.6) is 0 Å². The number of hydrogen-bond donors (Lipinski definition) is 0. The molecule has 1 aliphatic heterocycles. The molecule has 0 spiro atoms. The minimum absolute atomic E-state index is 0.324. The number of likely N-dealkylation sites (N-methyl/N-ethyl adjacent to an activating group) is 1. The lowest BCUT2D eigenvalue weighted by Crippen LogP contribution is -2.54. The molecule has 0 N–H and O–H groups in total. The highest BCUT2D eigenvalue weighted by Gasteiger charge is 2.37. The number of hydrogen-bond acceptors (Lipinski definition) is 2. The highest BCUT2D eigenvalue weighted by Crippen LogP contribution is 2.32. The van der Waals surface area contributed by atoms with Gasteiger partial charge in [0.25, 0.3) is 0 Å². The summed E-state index contributed by atoms with van der Waals surface area (Å²) in [5, 5.41) is 0. The van der Waals surface area contributed by atoms with Crippen molar-refractivity contribution in [1.29, 1.82) is 0 Å². The zero-order valence-electron chi connectivity index (χ0n) is 13.7. The Labute approximate surface area is 130 Å². The monoisotopic (exact) mass is 292 g/mol. The third-order valence-corrected chi connectivity index (χ3v) is 6.10. The Morgan fingerprint density at radius 2 is 1.48 bits per heavy atom. The first-order valence-electron chi connectivity index (χ1n) is 9.28. The van der Waals surface area contributed by atoms with E-state index in [-0.39, 0.29) is 0 Å². The van der Waals surface area contributed by atoms with E-state index in [2.05, 4.69) is 16.8 Å². The van der Waals surface area contributed by atoms with Gasteiger partial charge in [-0.05, 0) is 51.6 Å². The predicted octanol–water partition coefficient (Wildman–Crippen LogP) is 3.43. The smallest absolute Gasteiger partial charge is 0.225 e. The number of carbonyl (C=O) groups excluding carboxylic acids is 1. The fourth-order valence-electron chi connectivity index (χ4n) is 4.84. The Hall–Kier alpha value is -0.570. The molecule has 0 radical (unpaired) electrons. The summed E-state index contributed by atoms with van der Waals surface area (Å²) >= 11 is 0. The summed E-state index contributed by atoms with van der Waals surface area (Å²) in [6, 6.07) is 1.12. The highest BCUT2D eigenvalue weighted by atomic mass is 16.2. The molecular formula is C18H32N2O. The van der Waals surface area contributed by atoms with Crippen molar-refractivity contribution >= 4 is 5.91 Å². The molecule has 2 atom stereocenters. The van der Waals surface area contributed by atoms with Gasteiger partial charge in [0.05, 0.1) is 0 Å². The fraction of sp³-hybridized carbons (Fsp3) is 0.944. The van der Waals surface area contributed by atoms with Crippen LogP contribution in [0.3, 0.4) is 0 Å². The first-order chi connectivity index (χ1) is 10.3. The van der Waals surface area contributed by atoms with Crippen LogP contribution in [0.15, 0.2) is 0 Å². The van der Waals surface area contributed by atoms with Crippen LogP contribution in [0, 0.1) is 5.92 Å². The molecule has 120 valence electrons. The molecule has 3 nitrogen and oxygen atoms in total. The lowest BCUT2D eigenvalue weighted by atomic mass is 9.85. The molecule has 21 heavy (non-hydrogen) atoms. The van der Waals surface area contributed by atoms with E-state index in [1.165, 1.54) is 70.9 Å². The third kappa shape index (κ3) is 3.44. The van der Waals surface area contributed by atoms with Crippen molar-refractivity contribution in [3.63, 3.8) is 0 Å². The van der Waals surface area contributed by atoms with Crippen molar-refractivity contribution in [2.75, 3.05) is 20.1 Å². The highest BCUT2D eigenvalue weighted by molar-refractivity contribution is 5.79. The van der Waals surface area contributed by atoms with Gasteiger partial charge in [0.2, 0.25) is 5.91 Å². The van der Waals surface area contributed by atoms with E-state index in [9.17, 15) is 4.79 Å². The van der Waals surface area contributed by atoms with Gasteiger partial charge in [0.15, 0.2) is 0 Å². The Kier molecular flexibility index (Phi) is 5.20. The zero-order chi connectivity index (χ0) is 14.7. The molecule has 0 aromatic rings. The average molecular weight is 292 g/mol. The summed E-state index contributed by atoms with van der Waals surface area (Å²) in [6.45, 7) is 2.51. The SMILES string of the molecule is CN(C(=O)C1CCCCC1)[C@@H]1CCCC[C@H]1N1CCCC1. The molecule has 0 bridgehead atoms. The topological polar surface area (TPSA) is 23.6 Å². The molecule has 0 aromatic carbocycles. The normalized spacial score (nSPS) is 32.2. The zero-order valence-corrected chi connectivity index (χ0v) is 13.7. The Bertz CT molecular complexity index is 345. The summed E-state index contributed by atoms with van der Waals surface area (Å²) in [7, 11) is 2.09. The summed E-state index contributed by atoms with van der Waals surface area (Å²) < 4.78 is 0. The van der Waals surface area contributed by atoms with Gasteiger partial charge in [-0.2, -0.15) is 0 Å². The van der Waals surface area contributed by atoms with E-state index in [1.807, 2.05) is 0 Å². The van der Waals surface area contributed by atoms with Gasteiger partial charge in [-0.3, -0.25) is 9.69 Å². The van der Waals surface area contributed by atoms with Crippen LogP contribution in [0.4, 0.5) is 0 Å². The Morgan fingerprint density at radius 3 is 2.19 bits per heavy atom. The molecule has 3 heteroatoms. The summed E-state index contributed by atoms with van der Waals surface area (Å²) in [6.07, 6.45) is 14.0. The van der Waals surface area contributed by atoms with Crippen molar-refractivity contribution in [1.82, 2.24) is 9.80 Å². The minimum atomic E-state index is 0.324. The third-order valence-electron chi connectivity index (χ3n) is 6.10. The molecule has 0 unspecified atom stereocenters. The number of rotatable bonds is 3. The number of amides is 1. The van der Waals surface area contributed by atoms with Crippen LogP contribution >= 0.6 is 0 Å². The maximum Gasteiger partial charge on any atom is 0.225 e. The molecule has 3 rings (SSSR count). The van der Waals surface area contributed by atoms with Crippen LogP contribution in [0.2, 0.25) is 0 Å². The maximum atomic E-state index is 12.9. The van der Waals surface area contributed by atoms with E-state index in [1.54, 1.807) is 0 Å². The largest absolute Gasteiger partial charge is 0.341 e. The number of nitrogens with zero attached hydrogens (tertiary/aromatic N) is 2. The van der Waals surface area contributed by atoms with Crippen LogP contribution in [0.1, 0.15) is 70.6 Å². The van der Waals surface area contributed by atoms with Gasteiger partial charge in [-0.15, -0.1) is 0 Å². The van der Waals surface area contributed by atoms with Crippen molar-refractivity contribution in [3.05, 3.63) is 0 Å². The molecule has 3 fully saturated rings. The van der Waals surface area contributed by atoms with E-state index in [0.29, 0.717) is 23.9 Å². The van der Waals surface area contributed by atoms with E-state index >= 15 is 0 Å². The molecule has 1 amide bonds. The van der Waals surface area contributed by atoms with Crippen LogP contribution in [-0.4, -0.2) is 47.9 Å². The first kappa shape index (κ1) is 15.3. The Morgan fingerprint density at radius 1 is 0.857 bits per heavy atom. The molecule has 2 saturated carbocycles. The summed E-state index contributed by atoms with van der Waals surface area (Å²) in [5.74, 6) is 0.774. The molecular weight excluding hydrogens is 260 g/mol. The lowest BCUT2D eigenvalue weighted by molar-refractivity contribution is -0.139. The van der Waals surface area contributed by atoms with Gasteiger partial charge in [-0.25, -0.2) is 0 Å². The van der Waals surface area contributed by atoms with Gasteiger partial charge >= 0.3 is 0 Å². The van der Waals surface area contributed by atoms with Crippen LogP contribution in [-0.2, 0) is 4.79 Å². The van der Waals surface area contributed by atoms with Gasteiger partial charge in [0, 0.05) is 25.0 Å². The molecule has 1 heterocycles. The second-order valence-corrected chi connectivity index (χ2v) is 7.45. The van der Waals surface area contributed by atoms with Crippen molar-refractivity contribution in [2.45, 2.75) is 82.7 Å². The molecule has 3 aliphatic rings. The summed E-state index contributed by atoms with van der Waals surface area (Å²) in [5.41, 5.74) is 0. The van der Waals surface area contributed by atoms with Crippen molar-refractivity contribution in [3.8, 4) is 0 Å². The van der Waals surface area contributed by atoms with E-state index < -0.39 is 0 Å². The lowest BCUT2D eigenvalue weighted by Gasteiger charge is -2.43. The quantitative estimate of drug-likeness (QED) is 0.795. The first-order valence-corrected chi connectivity index (χ1v) is 9.28.